The molecule has 0 fully saturated rings. The number of alkyl halides is 6. The predicted molar refractivity (Wildman–Crippen MR) is 108 cm³/mol. The molecule has 0 saturated carbocycles. The van der Waals surface area contributed by atoms with Crippen LogP contribution in [0.1, 0.15) is 35.2 Å². The average Bonchev–Trinajstić information content (AvgIpc) is 3.15. The second kappa shape index (κ2) is 8.63. The molecule has 0 saturated heterocycles. The largest absolute Gasteiger partial charge is 0.451 e. The third kappa shape index (κ3) is 4.32. The molecule has 184 valence electrons. The van der Waals surface area contributed by atoms with E-state index >= 15 is 0 Å². The number of nitrogens with zero attached hydrogens (tertiary/aromatic N) is 3. The molecular formula is C20H18ClF6N5O2. The monoisotopic (exact) mass is 509 g/mol. The second-order valence-corrected chi connectivity index (χ2v) is 8.09. The van der Waals surface area contributed by atoms with Gasteiger partial charge in [0.05, 0.1) is 0 Å². The summed E-state index contributed by atoms with van der Waals surface area (Å²) in [6.07, 6.45) is -11.3. The van der Waals surface area contributed by atoms with Crippen molar-refractivity contribution in [2.24, 2.45) is 0 Å². The Balaban J connectivity index is 2.04. The van der Waals surface area contributed by atoms with Crippen molar-refractivity contribution >= 4 is 22.5 Å². The minimum atomic E-state index is -5.24. The molecule has 2 aromatic heterocycles. The number of ether oxygens (including phenoxy) is 2. The van der Waals surface area contributed by atoms with Crippen LogP contribution >= 0.6 is 11.6 Å². The van der Waals surface area contributed by atoms with Crippen LogP contribution in [0.4, 0.5) is 26.3 Å². The molecule has 0 aliphatic carbocycles. The van der Waals surface area contributed by atoms with Crippen molar-refractivity contribution in [2.75, 3.05) is 20.8 Å². The zero-order valence-corrected chi connectivity index (χ0v) is 18.5. The van der Waals surface area contributed by atoms with Gasteiger partial charge < -0.3 is 14.5 Å². The first-order chi connectivity index (χ1) is 15.9. The molecule has 7 nitrogen and oxygen atoms in total. The van der Waals surface area contributed by atoms with Crippen molar-refractivity contribution in [3.63, 3.8) is 0 Å². The van der Waals surface area contributed by atoms with Crippen molar-refractivity contribution in [3.05, 3.63) is 52.0 Å². The standard InChI is InChI=1S/C20H18ClF6N5O2/c1-33-13(34-2)8-18(15-30-16(19(22,23)24)32-17(31-15)20(25,26)27)14-10(5-6-28-18)11-7-9(21)3-4-12(11)29-14/h3-4,7,13,28-29H,5-6,8H2,1-2H3. The van der Waals surface area contributed by atoms with Crippen molar-refractivity contribution in [3.8, 4) is 0 Å². The van der Waals surface area contributed by atoms with Gasteiger partial charge in [0.15, 0.2) is 12.1 Å². The summed E-state index contributed by atoms with van der Waals surface area (Å²) in [5, 5.41) is 4.13. The zero-order valence-electron chi connectivity index (χ0n) is 17.7. The van der Waals surface area contributed by atoms with E-state index in [4.69, 9.17) is 21.1 Å². The molecule has 1 aliphatic rings. The maximum atomic E-state index is 13.5. The summed E-state index contributed by atoms with van der Waals surface area (Å²) < 4.78 is 91.6. The van der Waals surface area contributed by atoms with E-state index in [0.29, 0.717) is 33.6 Å². The van der Waals surface area contributed by atoms with Gasteiger partial charge in [-0.3, -0.25) is 5.32 Å². The number of fused-ring (bicyclic) bond motifs is 3. The van der Waals surface area contributed by atoms with Gasteiger partial charge in [-0.15, -0.1) is 0 Å². The highest BCUT2D eigenvalue weighted by Crippen LogP contribution is 2.42. The first kappa shape index (κ1) is 24.6. The number of nitrogens with one attached hydrogen (secondary N) is 2. The predicted octanol–water partition coefficient (Wildman–Crippen LogP) is 4.44. The maximum absolute atomic E-state index is 13.5. The number of methoxy groups -OCH3 is 2. The minimum absolute atomic E-state index is 0.195. The van der Waals surface area contributed by atoms with E-state index in [1.54, 1.807) is 18.2 Å². The summed E-state index contributed by atoms with van der Waals surface area (Å²) >= 11 is 6.12. The molecule has 4 rings (SSSR count). The average molecular weight is 510 g/mol. The minimum Gasteiger partial charge on any atom is -0.356 e. The van der Waals surface area contributed by atoms with Crippen LogP contribution in [0, 0.1) is 0 Å². The van der Waals surface area contributed by atoms with Crippen LogP contribution in [-0.4, -0.2) is 47.0 Å². The van der Waals surface area contributed by atoms with E-state index in [9.17, 15) is 26.3 Å². The van der Waals surface area contributed by atoms with E-state index in [1.165, 1.54) is 14.2 Å². The second-order valence-electron chi connectivity index (χ2n) is 7.66. The molecule has 0 radical (unpaired) electrons. The highest BCUT2D eigenvalue weighted by Gasteiger charge is 2.49. The number of aromatic amines is 1. The molecule has 14 heteroatoms. The number of rotatable bonds is 5. The van der Waals surface area contributed by atoms with Crippen molar-refractivity contribution < 1.29 is 35.8 Å². The molecule has 1 aliphatic heterocycles. The Morgan fingerprint density at radius 3 is 2.21 bits per heavy atom. The lowest BCUT2D eigenvalue weighted by Gasteiger charge is -2.39. The lowest BCUT2D eigenvalue weighted by molar-refractivity contribution is -0.156. The molecule has 1 atom stereocenters. The lowest BCUT2D eigenvalue weighted by Crippen LogP contribution is -2.52. The Morgan fingerprint density at radius 1 is 1.03 bits per heavy atom. The zero-order chi connectivity index (χ0) is 24.9. The molecule has 0 amide bonds. The first-order valence-electron chi connectivity index (χ1n) is 9.91. The first-order valence-corrected chi connectivity index (χ1v) is 10.3. The molecule has 3 heterocycles. The summed E-state index contributed by atoms with van der Waals surface area (Å²) in [6, 6.07) is 4.95. The SMILES string of the molecule is COC(CC1(c2nc(C(F)(F)F)nc(C(F)(F)F)n2)NCCc2c1[nH]c1ccc(Cl)cc21)OC. The van der Waals surface area contributed by atoms with Crippen LogP contribution in [-0.2, 0) is 33.8 Å². The molecule has 0 spiro atoms. The van der Waals surface area contributed by atoms with Crippen LogP contribution < -0.4 is 5.32 Å². The molecule has 1 unspecified atom stereocenters. The number of H-pyrrole nitrogens is 1. The summed E-state index contributed by atoms with van der Waals surface area (Å²) in [5.41, 5.74) is -0.207. The van der Waals surface area contributed by atoms with Crippen molar-refractivity contribution in [2.45, 2.75) is 37.0 Å². The van der Waals surface area contributed by atoms with Gasteiger partial charge in [0.1, 0.15) is 5.54 Å². The Morgan fingerprint density at radius 2 is 1.65 bits per heavy atom. The molecular weight excluding hydrogens is 492 g/mol. The van der Waals surface area contributed by atoms with Crippen molar-refractivity contribution in [1.82, 2.24) is 25.3 Å². The smallest absolute Gasteiger partial charge is 0.356 e. The van der Waals surface area contributed by atoms with Gasteiger partial charge in [0.2, 0.25) is 11.6 Å². The van der Waals surface area contributed by atoms with Crippen LogP contribution in [0.15, 0.2) is 18.2 Å². The third-order valence-electron chi connectivity index (χ3n) is 5.62. The molecule has 34 heavy (non-hydrogen) atoms. The van der Waals surface area contributed by atoms with Gasteiger partial charge >= 0.3 is 12.4 Å². The summed E-state index contributed by atoms with van der Waals surface area (Å²) in [7, 11) is 2.60. The third-order valence-corrected chi connectivity index (χ3v) is 5.85. The maximum Gasteiger partial charge on any atom is 0.451 e. The van der Waals surface area contributed by atoms with E-state index < -0.39 is 41.7 Å². The van der Waals surface area contributed by atoms with Gasteiger partial charge in [0.25, 0.3) is 0 Å². The molecule has 2 N–H and O–H groups in total. The van der Waals surface area contributed by atoms with Crippen LogP contribution in [0.5, 0.6) is 0 Å². The Hall–Kier alpha value is -2.48. The molecule has 3 aromatic rings. The van der Waals surface area contributed by atoms with Crippen LogP contribution in [0.25, 0.3) is 10.9 Å². The number of halogens is 7. The number of hydrogen-bond donors (Lipinski definition) is 2. The quantitative estimate of drug-likeness (QED) is 0.391. The van der Waals surface area contributed by atoms with Crippen LogP contribution in [0.3, 0.4) is 0 Å². The highest BCUT2D eigenvalue weighted by molar-refractivity contribution is 6.31. The fraction of sp³-hybridized carbons (Fsp3) is 0.450. The highest BCUT2D eigenvalue weighted by atomic mass is 35.5. The topological polar surface area (TPSA) is 85.0 Å². The Kier molecular flexibility index (Phi) is 6.25. The van der Waals surface area contributed by atoms with E-state index in [0.717, 1.165) is 0 Å². The Bertz CT molecular complexity index is 1180. The van der Waals surface area contributed by atoms with Gasteiger partial charge in [0, 0.05) is 48.8 Å². The normalized spacial score (nSPS) is 19.1. The lowest BCUT2D eigenvalue weighted by atomic mass is 9.83. The van der Waals surface area contributed by atoms with Gasteiger partial charge in [-0.25, -0.2) is 15.0 Å². The fourth-order valence-corrected chi connectivity index (χ4v) is 4.29. The van der Waals surface area contributed by atoms with E-state index in [-0.39, 0.29) is 13.0 Å². The van der Waals surface area contributed by atoms with Crippen LogP contribution in [0.2, 0.25) is 5.02 Å². The number of benzene rings is 1. The van der Waals surface area contributed by atoms with E-state index in [2.05, 4.69) is 25.3 Å². The summed E-state index contributed by atoms with van der Waals surface area (Å²) in [4.78, 5) is 12.7. The summed E-state index contributed by atoms with van der Waals surface area (Å²) in [5.74, 6) is -4.67. The van der Waals surface area contributed by atoms with Gasteiger partial charge in [-0.05, 0) is 30.2 Å². The van der Waals surface area contributed by atoms with Crippen molar-refractivity contribution in [1.29, 1.82) is 0 Å². The molecule has 1 aromatic carbocycles. The number of hydrogen-bond acceptors (Lipinski definition) is 6. The Labute approximate surface area is 193 Å². The van der Waals surface area contributed by atoms with E-state index in [1.807, 2.05) is 0 Å². The van der Waals surface area contributed by atoms with Gasteiger partial charge in [-0.1, -0.05) is 11.6 Å². The number of aromatic nitrogens is 4. The fourth-order valence-electron chi connectivity index (χ4n) is 4.12. The summed E-state index contributed by atoms with van der Waals surface area (Å²) in [6.45, 7) is 0.195. The molecule has 0 bridgehead atoms. The van der Waals surface area contributed by atoms with Gasteiger partial charge in [-0.2, -0.15) is 26.3 Å².